The Morgan fingerprint density at radius 2 is 1.90 bits per heavy atom. The Labute approximate surface area is 127 Å². The molecule has 2 rings (SSSR count). The van der Waals surface area contributed by atoms with Gasteiger partial charge in [0.1, 0.15) is 0 Å². The van der Waals surface area contributed by atoms with Crippen LogP contribution in [-0.4, -0.2) is 36.8 Å². The molecule has 2 atom stereocenters. The molecule has 0 saturated carbocycles. The van der Waals surface area contributed by atoms with E-state index >= 15 is 0 Å². The van der Waals surface area contributed by atoms with E-state index < -0.39 is 10.0 Å². The van der Waals surface area contributed by atoms with E-state index in [-0.39, 0.29) is 5.03 Å². The molecule has 0 radical (unpaired) electrons. The maximum atomic E-state index is 12.6. The zero-order valence-electron chi connectivity index (χ0n) is 13.2. The molecule has 0 aliphatic carbocycles. The largest absolute Gasteiger partial charge is 0.310 e. The Morgan fingerprint density at radius 1 is 1.29 bits per heavy atom. The van der Waals surface area contributed by atoms with Crippen molar-refractivity contribution >= 4 is 10.0 Å². The van der Waals surface area contributed by atoms with Crippen LogP contribution >= 0.6 is 0 Å². The van der Waals surface area contributed by atoms with E-state index in [1.165, 1.54) is 0 Å². The van der Waals surface area contributed by atoms with Gasteiger partial charge in [-0.2, -0.15) is 4.31 Å². The molecule has 5 nitrogen and oxygen atoms in total. The topological polar surface area (TPSA) is 62.3 Å². The molecule has 1 aliphatic rings. The molecule has 0 aromatic carbocycles. The van der Waals surface area contributed by atoms with Crippen LogP contribution in [0.3, 0.4) is 0 Å². The van der Waals surface area contributed by atoms with Crippen molar-refractivity contribution in [1.29, 1.82) is 0 Å². The molecule has 0 amide bonds. The fraction of sp³-hybridized carbons (Fsp3) is 0.667. The molecule has 1 fully saturated rings. The Bertz CT molecular complexity index is 559. The summed E-state index contributed by atoms with van der Waals surface area (Å²) < 4.78 is 26.7. The van der Waals surface area contributed by atoms with Gasteiger partial charge < -0.3 is 5.32 Å². The number of hydrogen-bond acceptors (Lipinski definition) is 4. The summed E-state index contributed by atoms with van der Waals surface area (Å²) in [5.41, 5.74) is 0.991. The van der Waals surface area contributed by atoms with Crippen LogP contribution in [-0.2, 0) is 16.6 Å². The minimum atomic E-state index is -3.45. The van der Waals surface area contributed by atoms with Gasteiger partial charge in [-0.15, -0.1) is 0 Å². The van der Waals surface area contributed by atoms with Crippen LogP contribution in [0.1, 0.15) is 33.3 Å². The summed E-state index contributed by atoms with van der Waals surface area (Å²) in [5.74, 6) is 0.795. The maximum absolute atomic E-state index is 12.6. The first kappa shape index (κ1) is 16.4. The first-order valence-corrected chi connectivity index (χ1v) is 8.93. The van der Waals surface area contributed by atoms with E-state index in [1.54, 1.807) is 16.6 Å². The van der Waals surface area contributed by atoms with Crippen LogP contribution in [0.15, 0.2) is 23.4 Å². The maximum Gasteiger partial charge on any atom is 0.260 e. The highest BCUT2D eigenvalue weighted by Crippen LogP contribution is 2.27. The van der Waals surface area contributed by atoms with E-state index in [2.05, 4.69) is 38.0 Å². The normalized spacial score (nSPS) is 23.9. The Kier molecular flexibility index (Phi) is 5.01. The SMILES string of the molecule is CC(C)NCc1ccc(S(=O)(=O)N2CC(C)C(C)C2)nc1. The molecule has 2 unspecified atom stereocenters. The summed E-state index contributed by atoms with van der Waals surface area (Å²) in [6.07, 6.45) is 1.64. The molecule has 0 bridgehead atoms. The van der Waals surface area contributed by atoms with E-state index in [0.29, 0.717) is 37.5 Å². The molecule has 1 aromatic heterocycles. The van der Waals surface area contributed by atoms with E-state index in [1.807, 2.05) is 6.07 Å². The highest BCUT2D eigenvalue weighted by molar-refractivity contribution is 7.89. The fourth-order valence-corrected chi connectivity index (χ4v) is 3.95. The third kappa shape index (κ3) is 3.81. The third-order valence-corrected chi connectivity index (χ3v) is 5.82. The standard InChI is InChI=1S/C15H25N3O2S/c1-11(2)16-7-14-5-6-15(17-8-14)21(19,20)18-9-12(3)13(4)10-18/h5-6,8,11-13,16H,7,9-10H2,1-4H3. The molecule has 1 aromatic rings. The van der Waals surface area contributed by atoms with Crippen LogP contribution in [0, 0.1) is 11.8 Å². The van der Waals surface area contributed by atoms with Crippen molar-refractivity contribution in [3.63, 3.8) is 0 Å². The minimum Gasteiger partial charge on any atom is -0.310 e. The average molecular weight is 311 g/mol. The van der Waals surface area contributed by atoms with Crippen molar-refractivity contribution in [3.05, 3.63) is 23.9 Å². The molecular weight excluding hydrogens is 286 g/mol. The minimum absolute atomic E-state index is 0.150. The lowest BCUT2D eigenvalue weighted by Gasteiger charge is -2.15. The Hall–Kier alpha value is -0.980. The second kappa shape index (κ2) is 6.42. The summed E-state index contributed by atoms with van der Waals surface area (Å²) in [5, 5.41) is 3.44. The lowest BCUT2D eigenvalue weighted by atomic mass is 10.0. The lowest BCUT2D eigenvalue weighted by molar-refractivity contribution is 0.460. The molecule has 1 saturated heterocycles. The van der Waals surface area contributed by atoms with Crippen molar-refractivity contribution in [2.75, 3.05) is 13.1 Å². The first-order valence-electron chi connectivity index (χ1n) is 7.49. The van der Waals surface area contributed by atoms with E-state index in [9.17, 15) is 8.42 Å². The molecular formula is C15H25N3O2S. The van der Waals surface area contributed by atoms with Gasteiger partial charge >= 0.3 is 0 Å². The number of aromatic nitrogens is 1. The van der Waals surface area contributed by atoms with Gasteiger partial charge in [-0.1, -0.05) is 33.8 Å². The van der Waals surface area contributed by atoms with Crippen molar-refractivity contribution in [2.24, 2.45) is 11.8 Å². The molecule has 21 heavy (non-hydrogen) atoms. The predicted molar refractivity (Wildman–Crippen MR) is 83.3 cm³/mol. The predicted octanol–water partition coefficient (Wildman–Crippen LogP) is 1.86. The molecule has 1 aliphatic heterocycles. The van der Waals surface area contributed by atoms with Gasteiger partial charge in [0.25, 0.3) is 10.0 Å². The van der Waals surface area contributed by atoms with Crippen molar-refractivity contribution in [2.45, 2.75) is 45.3 Å². The van der Waals surface area contributed by atoms with Crippen LogP contribution in [0.4, 0.5) is 0 Å². The van der Waals surface area contributed by atoms with E-state index in [4.69, 9.17) is 0 Å². The van der Waals surface area contributed by atoms with Gasteiger partial charge in [-0.25, -0.2) is 13.4 Å². The molecule has 2 heterocycles. The van der Waals surface area contributed by atoms with Crippen molar-refractivity contribution < 1.29 is 8.42 Å². The number of rotatable bonds is 5. The smallest absolute Gasteiger partial charge is 0.260 e. The van der Waals surface area contributed by atoms with Gasteiger partial charge in [-0.05, 0) is 23.5 Å². The van der Waals surface area contributed by atoms with Crippen LogP contribution in [0.25, 0.3) is 0 Å². The van der Waals surface area contributed by atoms with Crippen LogP contribution in [0.2, 0.25) is 0 Å². The zero-order valence-corrected chi connectivity index (χ0v) is 14.0. The number of nitrogens with zero attached hydrogens (tertiary/aromatic N) is 2. The van der Waals surface area contributed by atoms with Crippen LogP contribution in [0.5, 0.6) is 0 Å². The summed E-state index contributed by atoms with van der Waals surface area (Å²) in [4.78, 5) is 4.15. The Morgan fingerprint density at radius 3 is 2.38 bits per heavy atom. The number of pyridine rings is 1. The van der Waals surface area contributed by atoms with E-state index in [0.717, 1.165) is 5.56 Å². The van der Waals surface area contributed by atoms with Gasteiger partial charge in [-0.3, -0.25) is 0 Å². The number of hydrogen-bond donors (Lipinski definition) is 1. The monoisotopic (exact) mass is 311 g/mol. The number of nitrogens with one attached hydrogen (secondary N) is 1. The second-order valence-electron chi connectivity index (χ2n) is 6.32. The highest BCUT2D eigenvalue weighted by atomic mass is 32.2. The number of sulfonamides is 1. The summed E-state index contributed by atoms with van der Waals surface area (Å²) in [6, 6.07) is 3.83. The van der Waals surface area contributed by atoms with Crippen molar-refractivity contribution in [3.8, 4) is 0 Å². The summed E-state index contributed by atoms with van der Waals surface area (Å²) >= 11 is 0. The molecule has 6 heteroatoms. The highest BCUT2D eigenvalue weighted by Gasteiger charge is 2.35. The molecule has 118 valence electrons. The van der Waals surface area contributed by atoms with Gasteiger partial charge in [0.05, 0.1) is 0 Å². The summed E-state index contributed by atoms with van der Waals surface area (Å²) in [6.45, 7) is 10.2. The summed E-state index contributed by atoms with van der Waals surface area (Å²) in [7, 11) is -3.45. The average Bonchev–Trinajstić information content (AvgIpc) is 2.77. The fourth-order valence-electron chi connectivity index (χ4n) is 2.40. The zero-order chi connectivity index (χ0) is 15.6. The van der Waals surface area contributed by atoms with Crippen LogP contribution < -0.4 is 5.32 Å². The third-order valence-electron chi connectivity index (χ3n) is 4.07. The molecule has 0 spiro atoms. The Balaban J connectivity index is 2.10. The molecule has 1 N–H and O–H groups in total. The van der Waals surface area contributed by atoms with Crippen molar-refractivity contribution in [1.82, 2.24) is 14.6 Å². The van der Waals surface area contributed by atoms with Gasteiger partial charge in [0, 0.05) is 31.9 Å². The lowest BCUT2D eigenvalue weighted by Crippen LogP contribution is -2.29. The van der Waals surface area contributed by atoms with Gasteiger partial charge in [0.15, 0.2) is 5.03 Å². The quantitative estimate of drug-likeness (QED) is 0.901. The second-order valence-corrected chi connectivity index (χ2v) is 8.20. The van der Waals surface area contributed by atoms with Gasteiger partial charge in [0.2, 0.25) is 0 Å². The first-order chi connectivity index (χ1) is 9.80.